The second-order valence-electron chi connectivity index (χ2n) is 9.88. The number of rotatable bonds is 9. The van der Waals surface area contributed by atoms with Crippen LogP contribution in [-0.4, -0.2) is 80.5 Å². The molecule has 1 fully saturated rings. The van der Waals surface area contributed by atoms with Gasteiger partial charge in [0.15, 0.2) is 0 Å². The first-order valence-corrected chi connectivity index (χ1v) is 13.8. The highest BCUT2D eigenvalue weighted by Crippen LogP contribution is 2.40. The molecule has 0 aliphatic carbocycles. The third kappa shape index (κ3) is 9.08. The van der Waals surface area contributed by atoms with E-state index in [9.17, 15) is 14.0 Å². The summed E-state index contributed by atoms with van der Waals surface area (Å²) in [6.45, 7) is 13.9. The van der Waals surface area contributed by atoms with Crippen LogP contribution in [-0.2, 0) is 9.47 Å². The minimum absolute atomic E-state index is 0.0822. The summed E-state index contributed by atoms with van der Waals surface area (Å²) in [6.07, 6.45) is 10.6. The van der Waals surface area contributed by atoms with E-state index in [1.165, 1.54) is 18.2 Å². The maximum absolute atomic E-state index is 13.2. The van der Waals surface area contributed by atoms with Crippen molar-refractivity contribution < 1.29 is 23.5 Å². The number of hydrogen-bond donors (Lipinski definition) is 0. The van der Waals surface area contributed by atoms with Gasteiger partial charge in [0.1, 0.15) is 17.9 Å². The third-order valence-corrected chi connectivity index (χ3v) is 6.84. The Hall–Kier alpha value is -3.39. The number of aryl methyl sites for hydroxylation is 1. The Bertz CT molecular complexity index is 1120. The topological polar surface area (TPSA) is 62.3 Å². The molecule has 0 N–H and O–H groups in total. The van der Waals surface area contributed by atoms with Gasteiger partial charge in [0, 0.05) is 30.4 Å². The van der Waals surface area contributed by atoms with Gasteiger partial charge in [-0.05, 0) is 90.0 Å². The molecule has 2 heterocycles. The van der Waals surface area contributed by atoms with Gasteiger partial charge in [-0.1, -0.05) is 26.0 Å². The number of methoxy groups -OCH3 is 2. The van der Waals surface area contributed by atoms with E-state index in [4.69, 9.17) is 9.47 Å². The molecule has 1 atom stereocenters. The number of aldehydes is 1. The Morgan fingerprint density at radius 2 is 1.85 bits per heavy atom. The van der Waals surface area contributed by atoms with Gasteiger partial charge < -0.3 is 19.3 Å². The molecule has 7 nitrogen and oxygen atoms in total. The molecule has 1 aromatic rings. The van der Waals surface area contributed by atoms with Crippen LogP contribution in [0.25, 0.3) is 0 Å². The number of allylic oxidation sites excluding steroid dienone is 4. The van der Waals surface area contributed by atoms with Crippen LogP contribution in [0.1, 0.15) is 63.4 Å². The van der Waals surface area contributed by atoms with Crippen LogP contribution in [0.15, 0.2) is 65.3 Å². The van der Waals surface area contributed by atoms with Crippen LogP contribution in [0.5, 0.6) is 0 Å². The van der Waals surface area contributed by atoms with E-state index < -0.39 is 0 Å². The molecule has 3 rings (SSSR count). The molecule has 8 heteroatoms. The van der Waals surface area contributed by atoms with Crippen molar-refractivity contribution in [2.45, 2.75) is 59.9 Å². The number of carbonyl (C=O) groups is 2. The molecule has 0 bridgehead atoms. The molecule has 0 spiro atoms. The maximum atomic E-state index is 13.2. The summed E-state index contributed by atoms with van der Waals surface area (Å²) in [7, 11) is 7.42. The number of hydrogen-bond acceptors (Lipinski definition) is 5. The Morgan fingerprint density at radius 1 is 1.18 bits per heavy atom. The van der Waals surface area contributed by atoms with Crippen molar-refractivity contribution in [1.82, 2.24) is 14.7 Å². The number of amides is 2. The quantitative estimate of drug-likeness (QED) is 0.192. The molecule has 2 amide bonds. The first-order chi connectivity index (χ1) is 19.0. The first kappa shape index (κ1) is 34.6. The fraction of sp³-hybridized carbons (Fsp3) is 0.500. The summed E-state index contributed by atoms with van der Waals surface area (Å²) in [4.78, 5) is 29.4. The fourth-order valence-electron chi connectivity index (χ4n) is 4.58. The molecular weight excluding hydrogens is 509 g/mol. The van der Waals surface area contributed by atoms with Crippen LogP contribution < -0.4 is 0 Å². The average Bonchev–Trinajstić information content (AvgIpc) is 3.07. The molecule has 1 saturated heterocycles. The zero-order valence-electron chi connectivity index (χ0n) is 26.0. The second kappa shape index (κ2) is 16.7. The lowest BCUT2D eigenvalue weighted by atomic mass is 9.91. The van der Waals surface area contributed by atoms with Crippen LogP contribution >= 0.6 is 0 Å². The standard InChI is InChI=1S/C22H35N3O3.C8H7FO.C2H6/c1-8-25-21(26)24-16-18(15-19(28-7)14-17(2)27-6)10-9-11-20(24)22(25,3)12-13-23(4)5;1-6-4-7(5-10)2-3-8(6)9;1-2/h10-11,14-15H,8-9,12-13,16H2,1-7H3;2-5H,1H3;1-2H3/b17-14+,19-15+;;. The van der Waals surface area contributed by atoms with Gasteiger partial charge in [-0.2, -0.15) is 0 Å². The predicted molar refractivity (Wildman–Crippen MR) is 161 cm³/mol. The molecule has 0 radical (unpaired) electrons. The van der Waals surface area contributed by atoms with E-state index in [1.807, 2.05) is 42.7 Å². The van der Waals surface area contributed by atoms with Gasteiger partial charge in [0.2, 0.25) is 0 Å². The van der Waals surface area contributed by atoms with Crippen LogP contribution in [0.3, 0.4) is 0 Å². The summed E-state index contributed by atoms with van der Waals surface area (Å²) in [6, 6.07) is 4.34. The van der Waals surface area contributed by atoms with Crippen molar-refractivity contribution in [3.05, 3.63) is 82.2 Å². The number of urea groups is 1. The second-order valence-corrected chi connectivity index (χ2v) is 9.88. The Morgan fingerprint density at radius 3 is 2.38 bits per heavy atom. The molecular formula is C32H48FN3O4. The van der Waals surface area contributed by atoms with E-state index in [1.54, 1.807) is 21.1 Å². The van der Waals surface area contributed by atoms with Gasteiger partial charge in [-0.15, -0.1) is 0 Å². The smallest absolute Gasteiger partial charge is 0.325 e. The summed E-state index contributed by atoms with van der Waals surface area (Å²) < 4.78 is 23.2. The summed E-state index contributed by atoms with van der Waals surface area (Å²) in [5, 5.41) is 0. The number of ether oxygens (including phenoxy) is 2. The predicted octanol–water partition coefficient (Wildman–Crippen LogP) is 6.72. The van der Waals surface area contributed by atoms with E-state index in [2.05, 4.69) is 45.0 Å². The Kier molecular flexibility index (Phi) is 14.4. The molecule has 1 aromatic carbocycles. The summed E-state index contributed by atoms with van der Waals surface area (Å²) in [5.74, 6) is 1.21. The van der Waals surface area contributed by atoms with Gasteiger partial charge >= 0.3 is 6.03 Å². The van der Waals surface area contributed by atoms with Gasteiger partial charge in [-0.3, -0.25) is 9.69 Å². The fourth-order valence-corrected chi connectivity index (χ4v) is 4.58. The van der Waals surface area contributed by atoms with E-state index in [0.29, 0.717) is 36.3 Å². The Labute approximate surface area is 240 Å². The van der Waals surface area contributed by atoms with Crippen LogP contribution in [0.4, 0.5) is 9.18 Å². The summed E-state index contributed by atoms with van der Waals surface area (Å²) in [5.41, 5.74) is 2.91. The lowest BCUT2D eigenvalue weighted by Gasteiger charge is -2.35. The maximum Gasteiger partial charge on any atom is 0.325 e. The van der Waals surface area contributed by atoms with Crippen LogP contribution in [0, 0.1) is 12.7 Å². The van der Waals surface area contributed by atoms with Crippen molar-refractivity contribution in [2.24, 2.45) is 0 Å². The lowest BCUT2D eigenvalue weighted by Crippen LogP contribution is -2.45. The number of nitrogens with zero attached hydrogens (tertiary/aromatic N) is 3. The van der Waals surface area contributed by atoms with E-state index in [-0.39, 0.29) is 17.4 Å². The van der Waals surface area contributed by atoms with E-state index >= 15 is 0 Å². The molecule has 1 unspecified atom stereocenters. The zero-order chi connectivity index (χ0) is 30.5. The minimum Gasteiger partial charge on any atom is -0.501 e. The van der Waals surface area contributed by atoms with Crippen molar-refractivity contribution in [3.8, 4) is 0 Å². The summed E-state index contributed by atoms with van der Waals surface area (Å²) >= 11 is 0. The molecule has 2 aliphatic rings. The number of carbonyl (C=O) groups excluding carboxylic acids is 2. The van der Waals surface area contributed by atoms with Gasteiger partial charge in [0.25, 0.3) is 0 Å². The van der Waals surface area contributed by atoms with Crippen molar-refractivity contribution in [1.29, 1.82) is 0 Å². The van der Waals surface area contributed by atoms with Gasteiger partial charge in [0.05, 0.1) is 32.1 Å². The highest BCUT2D eigenvalue weighted by Gasteiger charge is 2.49. The largest absolute Gasteiger partial charge is 0.501 e. The number of halogens is 1. The number of likely N-dealkylation sites (N-methyl/N-ethyl adjacent to an activating group) is 1. The molecule has 0 aromatic heterocycles. The first-order valence-electron chi connectivity index (χ1n) is 13.8. The SMILES string of the molecule is CC.CCN1C(=O)N2CC(/C=C(\C=C(/C)OC)OC)=CCC=C2C1(C)CCN(C)C.Cc1cc(C=O)ccc1F. The monoisotopic (exact) mass is 557 g/mol. The highest BCUT2D eigenvalue weighted by atomic mass is 19.1. The van der Waals surface area contributed by atoms with Crippen molar-refractivity contribution >= 4 is 12.3 Å². The number of benzene rings is 1. The zero-order valence-corrected chi connectivity index (χ0v) is 26.0. The van der Waals surface area contributed by atoms with Crippen molar-refractivity contribution in [3.63, 3.8) is 0 Å². The molecule has 222 valence electrons. The van der Waals surface area contributed by atoms with E-state index in [0.717, 1.165) is 36.4 Å². The average molecular weight is 558 g/mol. The van der Waals surface area contributed by atoms with Crippen molar-refractivity contribution in [2.75, 3.05) is 47.9 Å². The normalized spacial score (nSPS) is 18.9. The molecule has 40 heavy (non-hydrogen) atoms. The number of fused-ring (bicyclic) bond motifs is 1. The van der Waals surface area contributed by atoms with Gasteiger partial charge in [-0.25, -0.2) is 9.18 Å². The molecule has 0 saturated carbocycles. The lowest BCUT2D eigenvalue weighted by molar-refractivity contribution is 0.112. The highest BCUT2D eigenvalue weighted by molar-refractivity contribution is 5.83. The van der Waals surface area contributed by atoms with Crippen LogP contribution in [0.2, 0.25) is 0 Å². The molecule has 2 aliphatic heterocycles. The Balaban J connectivity index is 0.000000555. The third-order valence-electron chi connectivity index (χ3n) is 6.84. The minimum atomic E-state index is -0.278.